The first-order valence-corrected chi connectivity index (χ1v) is 5.47. The van der Waals surface area contributed by atoms with E-state index < -0.39 is 12.1 Å². The molecule has 0 fully saturated rings. The van der Waals surface area contributed by atoms with Gasteiger partial charge in [-0.1, -0.05) is 11.6 Å². The minimum Gasteiger partial charge on any atom is -0.493 e. The first-order chi connectivity index (χ1) is 8.60. The Balaban J connectivity index is 2.64. The van der Waals surface area contributed by atoms with Gasteiger partial charge < -0.3 is 19.0 Å². The van der Waals surface area contributed by atoms with Crippen LogP contribution >= 0.6 is 11.6 Å². The number of furan rings is 1. The van der Waals surface area contributed by atoms with Gasteiger partial charge >= 0.3 is 5.97 Å². The zero-order valence-electron chi connectivity index (χ0n) is 9.77. The van der Waals surface area contributed by atoms with Crippen LogP contribution in [0, 0.1) is 0 Å². The molecule has 1 unspecified atom stereocenters. The van der Waals surface area contributed by atoms with Gasteiger partial charge in [-0.3, -0.25) is 0 Å². The molecule has 1 heterocycles. The molecular weight excluding hydrogens is 260 g/mol. The Hall–Kier alpha value is -1.72. The predicted molar refractivity (Wildman–Crippen MR) is 64.8 cm³/mol. The average Bonchev–Trinajstić information content (AvgIpc) is 2.87. The molecule has 0 aliphatic heterocycles. The number of benzene rings is 1. The number of carbonyl (C=O) groups is 1. The van der Waals surface area contributed by atoms with Crippen LogP contribution in [0.3, 0.4) is 0 Å². The zero-order chi connectivity index (χ0) is 13.3. The number of carbonyl (C=O) groups excluding carboxylic acids is 1. The van der Waals surface area contributed by atoms with Gasteiger partial charge in [-0.05, 0) is 12.1 Å². The van der Waals surface area contributed by atoms with Crippen LogP contribution in [0.25, 0.3) is 11.0 Å². The molecular formula is C12H11ClO5. The number of fused-ring (bicyclic) bond motifs is 1. The maximum absolute atomic E-state index is 11.3. The highest BCUT2D eigenvalue weighted by Gasteiger charge is 2.24. The fourth-order valence-corrected chi connectivity index (χ4v) is 1.99. The summed E-state index contributed by atoms with van der Waals surface area (Å²) in [7, 11) is 2.65. The molecule has 6 heteroatoms. The molecule has 2 rings (SSSR count). The number of aliphatic hydroxyl groups excluding tert-OH is 1. The highest BCUT2D eigenvalue weighted by molar-refractivity contribution is 6.36. The van der Waals surface area contributed by atoms with Crippen LogP contribution < -0.4 is 4.74 Å². The molecule has 2 aromatic rings. The summed E-state index contributed by atoms with van der Waals surface area (Å²) in [6, 6.07) is 3.09. The largest absolute Gasteiger partial charge is 0.493 e. The van der Waals surface area contributed by atoms with Gasteiger partial charge in [0, 0.05) is 10.9 Å². The van der Waals surface area contributed by atoms with E-state index in [4.69, 9.17) is 20.8 Å². The van der Waals surface area contributed by atoms with E-state index in [1.807, 2.05) is 0 Å². The van der Waals surface area contributed by atoms with Gasteiger partial charge in [-0.25, -0.2) is 4.79 Å². The zero-order valence-corrected chi connectivity index (χ0v) is 10.5. The summed E-state index contributed by atoms with van der Waals surface area (Å²) >= 11 is 6.12. The van der Waals surface area contributed by atoms with Gasteiger partial charge in [0.05, 0.1) is 25.5 Å². The topological polar surface area (TPSA) is 68.9 Å². The van der Waals surface area contributed by atoms with E-state index in [1.165, 1.54) is 26.5 Å². The quantitative estimate of drug-likeness (QED) is 0.867. The van der Waals surface area contributed by atoms with Crippen LogP contribution in [0.2, 0.25) is 5.02 Å². The van der Waals surface area contributed by atoms with Gasteiger partial charge in [-0.2, -0.15) is 0 Å². The SMILES string of the molecule is COC(=O)C(O)c1cc(OC)c2occc2c1Cl. The van der Waals surface area contributed by atoms with E-state index in [9.17, 15) is 9.90 Å². The minimum atomic E-state index is -1.46. The van der Waals surface area contributed by atoms with Crippen molar-refractivity contribution in [2.24, 2.45) is 0 Å². The van der Waals surface area contributed by atoms with E-state index in [-0.39, 0.29) is 10.6 Å². The van der Waals surface area contributed by atoms with Crippen molar-refractivity contribution in [3.63, 3.8) is 0 Å². The van der Waals surface area contributed by atoms with Gasteiger partial charge in [0.1, 0.15) is 0 Å². The van der Waals surface area contributed by atoms with Crippen LogP contribution in [-0.4, -0.2) is 25.3 Å². The van der Waals surface area contributed by atoms with Crippen molar-refractivity contribution < 1.29 is 23.8 Å². The first kappa shape index (κ1) is 12.7. The van der Waals surface area contributed by atoms with Gasteiger partial charge in [0.25, 0.3) is 0 Å². The second kappa shape index (κ2) is 4.88. The maximum atomic E-state index is 11.3. The average molecular weight is 271 g/mol. The van der Waals surface area contributed by atoms with Gasteiger partial charge in [0.2, 0.25) is 0 Å². The summed E-state index contributed by atoms with van der Waals surface area (Å²) in [5.41, 5.74) is 0.678. The predicted octanol–water partition coefficient (Wildman–Crippen LogP) is 2.30. The number of esters is 1. The lowest BCUT2D eigenvalue weighted by molar-refractivity contribution is -0.150. The third-order valence-corrected chi connectivity index (χ3v) is 3.03. The Bertz CT molecular complexity index is 589. The van der Waals surface area contributed by atoms with Crippen LogP contribution in [0.4, 0.5) is 0 Å². The molecule has 1 N–H and O–H groups in total. The lowest BCUT2D eigenvalue weighted by Crippen LogP contribution is -2.14. The second-order valence-electron chi connectivity index (χ2n) is 3.57. The molecule has 5 nitrogen and oxygen atoms in total. The van der Waals surface area contributed by atoms with E-state index in [0.29, 0.717) is 16.7 Å². The summed E-state index contributed by atoms with van der Waals surface area (Å²) in [6.45, 7) is 0. The molecule has 1 atom stereocenters. The molecule has 1 aromatic heterocycles. The van der Waals surface area contributed by atoms with Gasteiger partial charge in [0.15, 0.2) is 17.4 Å². The molecule has 18 heavy (non-hydrogen) atoms. The number of halogens is 1. The van der Waals surface area contributed by atoms with Crippen molar-refractivity contribution >= 4 is 28.5 Å². The molecule has 0 aliphatic carbocycles. The van der Waals surface area contributed by atoms with Crippen molar-refractivity contribution in [3.05, 3.63) is 29.0 Å². The Morgan fingerprint density at radius 3 is 2.83 bits per heavy atom. The molecule has 0 saturated carbocycles. The lowest BCUT2D eigenvalue weighted by atomic mass is 10.1. The molecule has 1 aromatic carbocycles. The number of ether oxygens (including phenoxy) is 2. The summed E-state index contributed by atoms with van der Waals surface area (Å²) in [6.07, 6.45) is -0.0106. The summed E-state index contributed by atoms with van der Waals surface area (Å²) in [5, 5.41) is 10.6. The highest BCUT2D eigenvalue weighted by atomic mass is 35.5. The number of hydrogen-bond acceptors (Lipinski definition) is 5. The van der Waals surface area contributed by atoms with Crippen molar-refractivity contribution in [2.45, 2.75) is 6.10 Å². The monoisotopic (exact) mass is 270 g/mol. The molecule has 0 bridgehead atoms. The summed E-state index contributed by atoms with van der Waals surface area (Å²) < 4.78 is 14.8. The van der Waals surface area contributed by atoms with Crippen molar-refractivity contribution in [3.8, 4) is 5.75 Å². The number of aliphatic hydroxyl groups is 1. The summed E-state index contributed by atoms with van der Waals surface area (Å²) in [5.74, 6) is -0.404. The van der Waals surface area contributed by atoms with Crippen LogP contribution in [0.15, 0.2) is 22.8 Å². The highest BCUT2D eigenvalue weighted by Crippen LogP contribution is 2.38. The number of methoxy groups -OCH3 is 2. The van der Waals surface area contributed by atoms with Crippen molar-refractivity contribution in [1.82, 2.24) is 0 Å². The standard InChI is InChI=1S/C12H11ClO5/c1-16-8-5-7(10(14)12(15)17-2)9(13)6-3-4-18-11(6)8/h3-5,10,14H,1-2H3. The Labute approximate surface area is 108 Å². The van der Waals surface area contributed by atoms with Crippen molar-refractivity contribution in [1.29, 1.82) is 0 Å². The summed E-state index contributed by atoms with van der Waals surface area (Å²) in [4.78, 5) is 11.3. The van der Waals surface area contributed by atoms with Crippen molar-refractivity contribution in [2.75, 3.05) is 14.2 Å². The van der Waals surface area contributed by atoms with E-state index in [1.54, 1.807) is 6.07 Å². The van der Waals surface area contributed by atoms with Crippen LogP contribution in [0.1, 0.15) is 11.7 Å². The first-order valence-electron chi connectivity index (χ1n) is 5.09. The van der Waals surface area contributed by atoms with E-state index >= 15 is 0 Å². The Kier molecular flexibility index (Phi) is 3.45. The van der Waals surface area contributed by atoms with Gasteiger partial charge in [-0.15, -0.1) is 0 Å². The second-order valence-corrected chi connectivity index (χ2v) is 3.95. The molecule has 0 aliphatic rings. The Morgan fingerprint density at radius 1 is 1.50 bits per heavy atom. The molecule has 0 amide bonds. The third-order valence-electron chi connectivity index (χ3n) is 2.60. The van der Waals surface area contributed by atoms with Crippen LogP contribution in [-0.2, 0) is 9.53 Å². The smallest absolute Gasteiger partial charge is 0.339 e. The Morgan fingerprint density at radius 2 is 2.22 bits per heavy atom. The molecule has 96 valence electrons. The molecule has 0 saturated heterocycles. The lowest BCUT2D eigenvalue weighted by Gasteiger charge is -2.12. The van der Waals surface area contributed by atoms with Crippen LogP contribution in [0.5, 0.6) is 5.75 Å². The van der Waals surface area contributed by atoms with E-state index in [0.717, 1.165) is 0 Å². The molecule has 0 spiro atoms. The normalized spacial score (nSPS) is 12.4. The molecule has 0 radical (unpaired) electrons. The maximum Gasteiger partial charge on any atom is 0.339 e. The number of rotatable bonds is 3. The fraction of sp³-hybridized carbons (Fsp3) is 0.250. The number of hydrogen-bond donors (Lipinski definition) is 1. The fourth-order valence-electron chi connectivity index (χ4n) is 1.69. The van der Waals surface area contributed by atoms with E-state index in [2.05, 4.69) is 4.74 Å². The third kappa shape index (κ3) is 1.91. The minimum absolute atomic E-state index is 0.217.